The lowest BCUT2D eigenvalue weighted by Crippen LogP contribution is -2.61. The van der Waals surface area contributed by atoms with Crippen molar-refractivity contribution in [1.29, 1.82) is 0 Å². The summed E-state index contributed by atoms with van der Waals surface area (Å²) in [5.74, 6) is 0. The van der Waals surface area contributed by atoms with Gasteiger partial charge in [0.1, 0.15) is 23.9 Å². The topological polar surface area (TPSA) is 93.4 Å². The van der Waals surface area contributed by atoms with E-state index in [4.69, 9.17) is 16.3 Å². The van der Waals surface area contributed by atoms with Gasteiger partial charge < -0.3 is 25.2 Å². The van der Waals surface area contributed by atoms with Gasteiger partial charge in [0.2, 0.25) is 0 Å². The van der Waals surface area contributed by atoms with E-state index in [1.165, 1.54) is 16.7 Å². The Hall–Kier alpha value is -2.29. The van der Waals surface area contributed by atoms with Gasteiger partial charge in [-0.1, -0.05) is 72.3 Å². The molecule has 4 N–H and O–H groups in total. The van der Waals surface area contributed by atoms with Crippen molar-refractivity contribution in [3.05, 3.63) is 105 Å². The highest BCUT2D eigenvalue weighted by Gasteiger charge is 2.51. The zero-order valence-electron chi connectivity index (χ0n) is 20.2. The molecule has 0 spiro atoms. The lowest BCUT2D eigenvalue weighted by molar-refractivity contribution is -0.320. The van der Waals surface area contributed by atoms with E-state index in [-0.39, 0.29) is 0 Å². The predicted octanol–water partition coefficient (Wildman–Crippen LogP) is 3.14. The summed E-state index contributed by atoms with van der Waals surface area (Å²) in [7, 11) is 0. The Morgan fingerprint density at radius 1 is 0.917 bits per heavy atom. The van der Waals surface area contributed by atoms with Crippen LogP contribution in [0.4, 0.5) is 0 Å². The number of halogens is 1. The first kappa shape index (κ1) is 25.4. The molecule has 0 bridgehead atoms. The third-order valence-corrected chi connectivity index (χ3v) is 7.89. The van der Waals surface area contributed by atoms with E-state index in [9.17, 15) is 20.4 Å². The fourth-order valence-corrected chi connectivity index (χ4v) is 5.49. The zero-order valence-corrected chi connectivity index (χ0v) is 21.0. The van der Waals surface area contributed by atoms with Crippen molar-refractivity contribution in [2.24, 2.45) is 0 Å². The predicted molar refractivity (Wildman–Crippen MR) is 137 cm³/mol. The van der Waals surface area contributed by atoms with Gasteiger partial charge in [-0.3, -0.25) is 4.90 Å². The van der Waals surface area contributed by atoms with Crippen molar-refractivity contribution < 1.29 is 25.2 Å². The van der Waals surface area contributed by atoms with Gasteiger partial charge >= 0.3 is 0 Å². The number of fused-ring (bicyclic) bond motifs is 1. The lowest BCUT2D eigenvalue weighted by atomic mass is 9.82. The van der Waals surface area contributed by atoms with Gasteiger partial charge in [-0.05, 0) is 59.2 Å². The van der Waals surface area contributed by atoms with Crippen LogP contribution in [0.3, 0.4) is 0 Å². The molecule has 3 aromatic rings. The Morgan fingerprint density at radius 3 is 2.47 bits per heavy atom. The van der Waals surface area contributed by atoms with Crippen LogP contribution in [0.15, 0.2) is 66.7 Å². The molecule has 1 fully saturated rings. The van der Waals surface area contributed by atoms with Gasteiger partial charge in [-0.15, -0.1) is 0 Å². The van der Waals surface area contributed by atoms with Crippen molar-refractivity contribution in [1.82, 2.24) is 4.90 Å². The summed E-state index contributed by atoms with van der Waals surface area (Å²) in [4.78, 5) is 2.46. The van der Waals surface area contributed by atoms with Crippen LogP contribution in [0.2, 0.25) is 5.02 Å². The molecule has 2 aliphatic heterocycles. The number of hydrogen-bond donors (Lipinski definition) is 4. The molecule has 0 aromatic heterocycles. The van der Waals surface area contributed by atoms with E-state index in [2.05, 4.69) is 47.4 Å². The maximum absolute atomic E-state index is 10.7. The Balaban J connectivity index is 1.36. The molecular weight excluding hydrogens is 478 g/mol. The van der Waals surface area contributed by atoms with Gasteiger partial charge in [-0.25, -0.2) is 0 Å². The van der Waals surface area contributed by atoms with E-state index < -0.39 is 30.2 Å². The highest BCUT2D eigenvalue weighted by molar-refractivity contribution is 6.31. The molecule has 6 nitrogen and oxygen atoms in total. The summed E-state index contributed by atoms with van der Waals surface area (Å²) in [6.45, 7) is 4.43. The smallest absolute Gasteiger partial charge is 0.184 e. The van der Waals surface area contributed by atoms with Crippen LogP contribution >= 0.6 is 11.6 Å². The first-order valence-corrected chi connectivity index (χ1v) is 12.7. The molecule has 3 aromatic carbocycles. The highest BCUT2D eigenvalue weighted by atomic mass is 35.5. The van der Waals surface area contributed by atoms with Gasteiger partial charge in [0.15, 0.2) is 6.29 Å². The number of aliphatic hydroxyl groups excluding tert-OH is 4. The summed E-state index contributed by atoms with van der Waals surface area (Å²) in [5.41, 5.74) is 5.12. The Bertz CT molecular complexity index is 1220. The molecule has 5 rings (SSSR count). The minimum atomic E-state index is -1.62. The maximum atomic E-state index is 10.7. The fraction of sp³-hybridized carbons (Fsp3) is 0.379. The average Bonchev–Trinajstić information content (AvgIpc) is 2.88. The molecule has 1 saturated heterocycles. The van der Waals surface area contributed by atoms with E-state index in [1.54, 1.807) is 19.1 Å². The second-order valence-electron chi connectivity index (χ2n) is 10.1. The summed E-state index contributed by atoms with van der Waals surface area (Å²) in [6, 6.07) is 22.4. The standard InChI is InChI=1S/C29H32ClNO5/c1-29(27(34)25(32)26(33)28(35)36-29)23-9-10-24(30)21(15-23)13-19-7-8-20-11-12-31(17-22(20)14-19)16-18-5-3-2-4-6-18/h2-10,14-15,25-28,32-35H,11-13,16-17H2,1H3/t25-,26-,27+,28+,29-/m0/s1. The van der Waals surface area contributed by atoms with E-state index in [1.807, 2.05) is 12.1 Å². The number of nitrogens with zero attached hydrogens (tertiary/aromatic N) is 1. The third kappa shape index (κ3) is 4.95. The normalized spacial score (nSPS) is 28.6. The van der Waals surface area contributed by atoms with Crippen molar-refractivity contribution in [2.45, 2.75) is 63.1 Å². The summed E-state index contributed by atoms with van der Waals surface area (Å²) in [5, 5.41) is 41.4. The van der Waals surface area contributed by atoms with Crippen molar-refractivity contribution in [3.8, 4) is 0 Å². The first-order chi connectivity index (χ1) is 17.2. The van der Waals surface area contributed by atoms with Crippen LogP contribution in [-0.2, 0) is 36.3 Å². The maximum Gasteiger partial charge on any atom is 0.184 e. The number of aliphatic hydroxyl groups is 4. The van der Waals surface area contributed by atoms with Crippen LogP contribution in [-0.4, -0.2) is 56.5 Å². The molecular formula is C29H32ClNO5. The molecule has 36 heavy (non-hydrogen) atoms. The Kier molecular flexibility index (Phi) is 7.21. The van der Waals surface area contributed by atoms with Crippen LogP contribution in [0.1, 0.15) is 40.3 Å². The fourth-order valence-electron chi connectivity index (χ4n) is 5.30. The van der Waals surface area contributed by atoms with E-state index in [0.717, 1.165) is 37.2 Å². The zero-order chi connectivity index (χ0) is 25.4. The summed E-state index contributed by atoms with van der Waals surface area (Å²) < 4.78 is 5.58. The third-order valence-electron chi connectivity index (χ3n) is 7.52. The second-order valence-corrected chi connectivity index (χ2v) is 10.5. The monoisotopic (exact) mass is 509 g/mol. The second kappa shape index (κ2) is 10.2. The largest absolute Gasteiger partial charge is 0.387 e. The average molecular weight is 510 g/mol. The van der Waals surface area contributed by atoms with E-state index >= 15 is 0 Å². The van der Waals surface area contributed by atoms with E-state index in [0.29, 0.717) is 17.0 Å². The van der Waals surface area contributed by atoms with Gasteiger partial charge in [0.25, 0.3) is 0 Å². The molecule has 0 aliphatic carbocycles. The van der Waals surface area contributed by atoms with Gasteiger partial charge in [-0.2, -0.15) is 0 Å². The quantitative estimate of drug-likeness (QED) is 0.422. The van der Waals surface area contributed by atoms with Crippen LogP contribution in [0.5, 0.6) is 0 Å². The van der Waals surface area contributed by atoms with Crippen LogP contribution in [0, 0.1) is 0 Å². The Morgan fingerprint density at radius 2 is 1.69 bits per heavy atom. The van der Waals surface area contributed by atoms with Gasteiger partial charge in [0, 0.05) is 24.7 Å². The molecule has 190 valence electrons. The van der Waals surface area contributed by atoms with Crippen molar-refractivity contribution in [2.75, 3.05) is 6.54 Å². The molecule has 2 heterocycles. The minimum absolute atomic E-state index is 0.561. The molecule has 7 heteroatoms. The number of rotatable bonds is 5. The SMILES string of the molecule is C[C@@]1(c2ccc(Cl)c(Cc3ccc4c(c3)CN(Cc3ccccc3)CC4)c2)O[C@@H](O)[C@@H](O)[C@H](O)[C@H]1O. The van der Waals surface area contributed by atoms with Crippen LogP contribution < -0.4 is 0 Å². The number of ether oxygens (including phenoxy) is 1. The molecule has 5 atom stereocenters. The van der Waals surface area contributed by atoms with Crippen molar-refractivity contribution in [3.63, 3.8) is 0 Å². The van der Waals surface area contributed by atoms with Crippen LogP contribution in [0.25, 0.3) is 0 Å². The molecule has 0 amide bonds. The highest BCUT2D eigenvalue weighted by Crippen LogP contribution is 2.39. The number of hydrogen-bond acceptors (Lipinski definition) is 6. The minimum Gasteiger partial charge on any atom is -0.387 e. The molecule has 2 aliphatic rings. The number of benzene rings is 3. The first-order valence-electron chi connectivity index (χ1n) is 12.3. The summed E-state index contributed by atoms with van der Waals surface area (Å²) >= 11 is 6.55. The molecule has 0 radical (unpaired) electrons. The molecule has 0 unspecified atom stereocenters. The lowest BCUT2D eigenvalue weighted by Gasteiger charge is -2.45. The summed E-state index contributed by atoms with van der Waals surface area (Å²) in [6.07, 6.45) is -4.58. The molecule has 0 saturated carbocycles. The van der Waals surface area contributed by atoms with Gasteiger partial charge in [0.05, 0.1) is 0 Å². The Labute approximate surface area is 216 Å². The van der Waals surface area contributed by atoms with Crippen molar-refractivity contribution >= 4 is 11.6 Å².